The van der Waals surface area contributed by atoms with E-state index in [1.165, 1.54) is 24.0 Å². The lowest BCUT2D eigenvalue weighted by molar-refractivity contribution is 0.214. The van der Waals surface area contributed by atoms with E-state index in [2.05, 4.69) is 72.8 Å². The minimum atomic E-state index is 0.0930. The van der Waals surface area contributed by atoms with Gasteiger partial charge in [0.05, 0.1) is 12.1 Å². The first-order valence-corrected chi connectivity index (χ1v) is 7.90. The van der Waals surface area contributed by atoms with Gasteiger partial charge in [0.2, 0.25) is 0 Å². The number of unbranched alkanes of at least 4 members (excludes halogenated alkanes) is 1. The molecule has 108 valence electrons. The zero-order valence-electron chi connectivity index (χ0n) is 12.5. The molecule has 21 heavy (non-hydrogen) atoms. The number of benzene rings is 2. The highest BCUT2D eigenvalue weighted by atomic mass is 16.5. The predicted octanol–water partition coefficient (Wildman–Crippen LogP) is 4.38. The van der Waals surface area contributed by atoms with Crippen LogP contribution in [0.3, 0.4) is 0 Å². The Morgan fingerprint density at radius 3 is 2.19 bits per heavy atom. The third-order valence-corrected chi connectivity index (χ3v) is 4.09. The molecular formula is C18H22BNO. The zero-order chi connectivity index (χ0) is 14.5. The molecule has 3 rings (SSSR count). The molecule has 0 spiro atoms. The van der Waals surface area contributed by atoms with Gasteiger partial charge in [-0.05, 0) is 17.4 Å². The van der Waals surface area contributed by atoms with Crippen molar-refractivity contribution in [3.63, 3.8) is 0 Å². The van der Waals surface area contributed by atoms with E-state index >= 15 is 0 Å². The predicted molar refractivity (Wildman–Crippen MR) is 88.1 cm³/mol. The van der Waals surface area contributed by atoms with Crippen LogP contribution < -0.4 is 5.23 Å². The van der Waals surface area contributed by atoms with Crippen LogP contribution in [0.25, 0.3) is 0 Å². The quantitative estimate of drug-likeness (QED) is 0.820. The van der Waals surface area contributed by atoms with Crippen LogP contribution in [0.15, 0.2) is 60.7 Å². The van der Waals surface area contributed by atoms with E-state index < -0.39 is 0 Å². The van der Waals surface area contributed by atoms with Gasteiger partial charge in [-0.3, -0.25) is 0 Å². The maximum Gasteiger partial charge on any atom is 0.380 e. The normalized spacial score (nSPS) is 21.7. The smallest absolute Gasteiger partial charge is 0.380 e. The van der Waals surface area contributed by atoms with Gasteiger partial charge in [-0.25, -0.2) is 0 Å². The molecule has 1 N–H and O–H groups in total. The summed E-state index contributed by atoms with van der Waals surface area (Å²) in [5.74, 6) is 0. The summed E-state index contributed by atoms with van der Waals surface area (Å²) < 4.78 is 6.31. The van der Waals surface area contributed by atoms with Gasteiger partial charge < -0.3 is 9.88 Å². The van der Waals surface area contributed by atoms with Gasteiger partial charge >= 0.3 is 7.05 Å². The van der Waals surface area contributed by atoms with Crippen LogP contribution in [0.5, 0.6) is 0 Å². The second kappa shape index (κ2) is 6.92. The Bertz CT molecular complexity index is 498. The lowest BCUT2D eigenvalue weighted by atomic mass is 9.77. The van der Waals surface area contributed by atoms with Crippen LogP contribution in [0.4, 0.5) is 0 Å². The molecule has 2 aromatic rings. The molecule has 3 heteroatoms. The van der Waals surface area contributed by atoms with Crippen LogP contribution in [-0.2, 0) is 4.65 Å². The first-order valence-electron chi connectivity index (χ1n) is 7.90. The van der Waals surface area contributed by atoms with Crippen LogP contribution >= 0.6 is 0 Å². The number of hydrogen-bond acceptors (Lipinski definition) is 2. The number of hydrogen-bond donors (Lipinski definition) is 1. The van der Waals surface area contributed by atoms with Gasteiger partial charge in [-0.1, -0.05) is 80.4 Å². The Morgan fingerprint density at radius 1 is 0.952 bits per heavy atom. The Labute approximate surface area is 127 Å². The van der Waals surface area contributed by atoms with Gasteiger partial charge in [-0.2, -0.15) is 0 Å². The standard InChI is InChI=1S/C18H22BNO/c1-2-3-14-19-20-17(15-10-6-4-7-11-15)18(21-19)16-12-8-5-9-13-16/h4-13,17-18,20H,2-3,14H2,1H3/t17-,18+/m0/s1. The van der Waals surface area contributed by atoms with Crippen molar-refractivity contribution in [2.45, 2.75) is 38.2 Å². The summed E-state index contributed by atoms with van der Waals surface area (Å²) in [6.07, 6.45) is 3.56. The first-order chi connectivity index (χ1) is 10.4. The van der Waals surface area contributed by atoms with Crippen LogP contribution in [0.1, 0.15) is 43.0 Å². The Hall–Kier alpha value is -1.58. The molecule has 0 amide bonds. The lowest BCUT2D eigenvalue weighted by Crippen LogP contribution is -2.29. The summed E-state index contributed by atoms with van der Waals surface area (Å²) in [4.78, 5) is 0. The topological polar surface area (TPSA) is 21.3 Å². The minimum absolute atomic E-state index is 0.0930. The highest BCUT2D eigenvalue weighted by Crippen LogP contribution is 2.37. The van der Waals surface area contributed by atoms with E-state index in [0.29, 0.717) is 0 Å². The third kappa shape index (κ3) is 3.37. The van der Waals surface area contributed by atoms with Gasteiger partial charge in [0.1, 0.15) is 0 Å². The summed E-state index contributed by atoms with van der Waals surface area (Å²) in [6, 6.07) is 21.4. The molecule has 0 aromatic heterocycles. The molecule has 2 atom stereocenters. The lowest BCUT2D eigenvalue weighted by Gasteiger charge is -2.20. The third-order valence-electron chi connectivity index (χ3n) is 4.09. The molecule has 0 radical (unpaired) electrons. The van der Waals surface area contributed by atoms with Crippen molar-refractivity contribution in [3.8, 4) is 0 Å². The zero-order valence-corrected chi connectivity index (χ0v) is 12.5. The molecule has 0 aliphatic carbocycles. The number of nitrogens with one attached hydrogen (secondary N) is 1. The SMILES string of the molecule is CCCCB1N[C@@H](c2ccccc2)[C@@H](c2ccccc2)O1. The molecule has 0 unspecified atom stereocenters. The Morgan fingerprint density at radius 2 is 1.57 bits per heavy atom. The summed E-state index contributed by atoms with van der Waals surface area (Å²) in [6.45, 7) is 2.22. The molecule has 1 heterocycles. The number of rotatable bonds is 5. The first kappa shape index (κ1) is 14.4. The van der Waals surface area contributed by atoms with Crippen LogP contribution in [0, 0.1) is 0 Å². The summed E-state index contributed by atoms with van der Waals surface area (Å²) in [7, 11) is 0.153. The van der Waals surface area contributed by atoms with E-state index in [4.69, 9.17) is 4.65 Å². The highest BCUT2D eigenvalue weighted by Gasteiger charge is 2.38. The van der Waals surface area contributed by atoms with E-state index in [9.17, 15) is 0 Å². The van der Waals surface area contributed by atoms with Gasteiger partial charge in [-0.15, -0.1) is 0 Å². The Balaban J connectivity index is 1.84. The molecular weight excluding hydrogens is 257 g/mol. The maximum atomic E-state index is 6.31. The average Bonchev–Trinajstić information content (AvgIpc) is 2.99. The molecule has 1 aliphatic heterocycles. The fourth-order valence-electron chi connectivity index (χ4n) is 2.97. The van der Waals surface area contributed by atoms with Gasteiger partial charge in [0.25, 0.3) is 0 Å². The molecule has 0 saturated carbocycles. The minimum Gasteiger partial charge on any atom is -0.412 e. The maximum absolute atomic E-state index is 6.31. The van der Waals surface area contributed by atoms with Crippen molar-refractivity contribution < 1.29 is 4.65 Å². The van der Waals surface area contributed by atoms with E-state index in [1.54, 1.807) is 0 Å². The van der Waals surface area contributed by atoms with E-state index in [1.807, 2.05) is 0 Å². The second-order valence-electron chi connectivity index (χ2n) is 5.65. The monoisotopic (exact) mass is 279 g/mol. The molecule has 1 saturated heterocycles. The average molecular weight is 279 g/mol. The fraction of sp³-hybridized carbons (Fsp3) is 0.333. The molecule has 0 bridgehead atoms. The molecule has 2 aromatic carbocycles. The molecule has 2 nitrogen and oxygen atoms in total. The van der Waals surface area contributed by atoms with Crippen molar-refractivity contribution in [1.29, 1.82) is 0 Å². The largest absolute Gasteiger partial charge is 0.412 e. The van der Waals surface area contributed by atoms with Crippen LogP contribution in [0.2, 0.25) is 6.32 Å². The van der Waals surface area contributed by atoms with Crippen molar-refractivity contribution in [2.24, 2.45) is 0 Å². The van der Waals surface area contributed by atoms with Crippen molar-refractivity contribution >= 4 is 7.05 Å². The molecule has 1 fully saturated rings. The van der Waals surface area contributed by atoms with Crippen LogP contribution in [-0.4, -0.2) is 7.05 Å². The van der Waals surface area contributed by atoms with Crippen molar-refractivity contribution in [1.82, 2.24) is 5.23 Å². The Kier molecular flexibility index (Phi) is 4.74. The highest BCUT2D eigenvalue weighted by molar-refractivity contribution is 6.49. The summed E-state index contributed by atoms with van der Waals surface area (Å²) >= 11 is 0. The summed E-state index contributed by atoms with van der Waals surface area (Å²) in [5.41, 5.74) is 2.54. The van der Waals surface area contributed by atoms with E-state index in [0.717, 1.165) is 6.32 Å². The second-order valence-corrected chi connectivity index (χ2v) is 5.65. The van der Waals surface area contributed by atoms with Gasteiger partial charge in [0, 0.05) is 0 Å². The molecule has 1 aliphatic rings. The summed E-state index contributed by atoms with van der Waals surface area (Å²) in [5, 5.41) is 3.67. The fourth-order valence-corrected chi connectivity index (χ4v) is 2.97. The van der Waals surface area contributed by atoms with Crippen molar-refractivity contribution in [2.75, 3.05) is 0 Å². The van der Waals surface area contributed by atoms with Crippen molar-refractivity contribution in [3.05, 3.63) is 71.8 Å². The van der Waals surface area contributed by atoms with E-state index in [-0.39, 0.29) is 19.2 Å². The van der Waals surface area contributed by atoms with Gasteiger partial charge in [0.15, 0.2) is 0 Å².